The Hall–Kier alpha value is -3.16. The number of rotatable bonds is 6. The van der Waals surface area contributed by atoms with Crippen LogP contribution in [-0.2, 0) is 17.9 Å². The monoisotopic (exact) mass is 317 g/mol. The molecule has 0 spiro atoms. The zero-order valence-corrected chi connectivity index (χ0v) is 12.4. The number of nitrogens with zero attached hydrogens (tertiary/aromatic N) is 2. The molecular formula is C15H15N3O5. The van der Waals surface area contributed by atoms with Crippen LogP contribution in [0.1, 0.15) is 5.56 Å². The van der Waals surface area contributed by atoms with E-state index < -0.39 is 16.4 Å². The quantitative estimate of drug-likeness (QED) is 0.634. The number of carbonyl (C=O) groups is 1. The van der Waals surface area contributed by atoms with E-state index in [1.807, 2.05) is 0 Å². The van der Waals surface area contributed by atoms with Crippen LogP contribution < -0.4 is 15.6 Å². The van der Waals surface area contributed by atoms with Crippen LogP contribution in [-0.4, -0.2) is 22.5 Å². The van der Waals surface area contributed by atoms with Crippen molar-refractivity contribution in [1.29, 1.82) is 0 Å². The highest BCUT2D eigenvalue weighted by Gasteiger charge is 2.10. The van der Waals surface area contributed by atoms with E-state index in [4.69, 9.17) is 4.74 Å². The first kappa shape index (κ1) is 16.2. The predicted molar refractivity (Wildman–Crippen MR) is 82.2 cm³/mol. The van der Waals surface area contributed by atoms with Gasteiger partial charge in [0.1, 0.15) is 12.3 Å². The number of carbonyl (C=O) groups excluding carboxylic acids is 1. The van der Waals surface area contributed by atoms with Crippen molar-refractivity contribution in [2.75, 3.05) is 7.11 Å². The van der Waals surface area contributed by atoms with Gasteiger partial charge in [-0.1, -0.05) is 12.1 Å². The minimum Gasteiger partial charge on any atom is -0.497 e. The molecule has 1 aromatic carbocycles. The van der Waals surface area contributed by atoms with Crippen molar-refractivity contribution in [3.8, 4) is 5.75 Å². The fourth-order valence-corrected chi connectivity index (χ4v) is 1.90. The summed E-state index contributed by atoms with van der Waals surface area (Å²) in [5, 5.41) is 13.3. The third-order valence-corrected chi connectivity index (χ3v) is 3.14. The zero-order valence-electron chi connectivity index (χ0n) is 12.4. The van der Waals surface area contributed by atoms with Gasteiger partial charge in [-0.2, -0.15) is 0 Å². The van der Waals surface area contributed by atoms with Crippen molar-refractivity contribution in [2.45, 2.75) is 13.1 Å². The van der Waals surface area contributed by atoms with E-state index in [0.717, 1.165) is 28.5 Å². The van der Waals surface area contributed by atoms with Crippen molar-refractivity contribution in [1.82, 2.24) is 9.88 Å². The van der Waals surface area contributed by atoms with Gasteiger partial charge in [-0.15, -0.1) is 0 Å². The summed E-state index contributed by atoms with van der Waals surface area (Å²) in [5.41, 5.74) is 0.147. The van der Waals surface area contributed by atoms with E-state index in [9.17, 15) is 19.7 Å². The first-order chi connectivity index (χ1) is 11.0. The summed E-state index contributed by atoms with van der Waals surface area (Å²) in [7, 11) is 1.56. The molecule has 8 heteroatoms. The molecule has 2 rings (SSSR count). The number of amides is 1. The summed E-state index contributed by atoms with van der Waals surface area (Å²) < 4.78 is 6.04. The van der Waals surface area contributed by atoms with Crippen LogP contribution >= 0.6 is 0 Å². The molecule has 0 unspecified atom stereocenters. The Bertz CT molecular complexity index is 767. The Kier molecular flexibility index (Phi) is 5.08. The lowest BCUT2D eigenvalue weighted by molar-refractivity contribution is -0.385. The number of pyridine rings is 1. The van der Waals surface area contributed by atoms with Gasteiger partial charge in [0.25, 0.3) is 11.2 Å². The maximum absolute atomic E-state index is 11.9. The van der Waals surface area contributed by atoms with Crippen LogP contribution in [0.4, 0.5) is 5.69 Å². The van der Waals surface area contributed by atoms with Crippen molar-refractivity contribution in [3.63, 3.8) is 0 Å². The second-order valence-corrected chi connectivity index (χ2v) is 4.74. The van der Waals surface area contributed by atoms with Gasteiger partial charge >= 0.3 is 0 Å². The lowest BCUT2D eigenvalue weighted by Gasteiger charge is -2.08. The van der Waals surface area contributed by atoms with Gasteiger partial charge in [0.05, 0.1) is 18.2 Å². The number of hydrogen-bond acceptors (Lipinski definition) is 5. The van der Waals surface area contributed by atoms with E-state index >= 15 is 0 Å². The summed E-state index contributed by atoms with van der Waals surface area (Å²) in [6.45, 7) is 0.00315. The summed E-state index contributed by atoms with van der Waals surface area (Å²) in [4.78, 5) is 33.6. The van der Waals surface area contributed by atoms with Crippen LogP contribution in [0.2, 0.25) is 0 Å². The van der Waals surface area contributed by atoms with Crippen LogP contribution in [0.15, 0.2) is 47.4 Å². The molecule has 0 aliphatic heterocycles. The molecule has 2 aromatic rings. The molecule has 0 aliphatic rings. The standard InChI is InChI=1S/C15H15N3O5/c1-23-13-5-2-11(3-6-13)8-16-14(19)10-17-9-12(18(21)22)4-7-15(17)20/h2-7,9H,8,10H2,1H3,(H,16,19). The minimum atomic E-state index is -0.620. The van der Waals surface area contributed by atoms with Crippen LogP contribution in [0.5, 0.6) is 5.75 Å². The van der Waals surface area contributed by atoms with Crippen molar-refractivity contribution in [2.24, 2.45) is 0 Å². The van der Waals surface area contributed by atoms with E-state index in [2.05, 4.69) is 5.32 Å². The smallest absolute Gasteiger partial charge is 0.285 e. The van der Waals surface area contributed by atoms with Gasteiger partial charge in [0, 0.05) is 18.7 Å². The molecule has 0 aliphatic carbocycles. The number of hydrogen-bond donors (Lipinski definition) is 1. The molecule has 1 heterocycles. The summed E-state index contributed by atoms with van der Waals surface area (Å²) in [6.07, 6.45) is 1.05. The van der Waals surface area contributed by atoms with Gasteiger partial charge in [-0.25, -0.2) is 0 Å². The van der Waals surface area contributed by atoms with E-state index in [1.54, 1.807) is 31.4 Å². The molecule has 0 atom stereocenters. The van der Waals surface area contributed by atoms with Crippen molar-refractivity contribution >= 4 is 11.6 Å². The van der Waals surface area contributed by atoms with Crippen LogP contribution in [0.25, 0.3) is 0 Å². The molecule has 0 fully saturated rings. The SMILES string of the molecule is COc1ccc(CNC(=O)Cn2cc([N+](=O)[O-])ccc2=O)cc1. The first-order valence-electron chi connectivity index (χ1n) is 6.74. The first-order valence-corrected chi connectivity index (χ1v) is 6.74. The summed E-state index contributed by atoms with van der Waals surface area (Å²) in [6, 6.07) is 9.32. The largest absolute Gasteiger partial charge is 0.497 e. The Balaban J connectivity index is 1.98. The number of aromatic nitrogens is 1. The second kappa shape index (κ2) is 7.21. The molecular weight excluding hydrogens is 302 g/mol. The van der Waals surface area contributed by atoms with Crippen molar-refractivity contribution < 1.29 is 14.5 Å². The predicted octanol–water partition coefficient (Wildman–Crippen LogP) is 1.08. The third kappa shape index (κ3) is 4.40. The maximum Gasteiger partial charge on any atom is 0.285 e. The molecule has 23 heavy (non-hydrogen) atoms. The topological polar surface area (TPSA) is 103 Å². The summed E-state index contributed by atoms with van der Waals surface area (Å²) in [5.74, 6) is 0.298. The zero-order chi connectivity index (χ0) is 16.8. The van der Waals surface area contributed by atoms with E-state index in [0.29, 0.717) is 5.75 Å². The second-order valence-electron chi connectivity index (χ2n) is 4.74. The van der Waals surface area contributed by atoms with Gasteiger partial charge in [-0.05, 0) is 17.7 Å². The number of nitrogens with one attached hydrogen (secondary N) is 1. The maximum atomic E-state index is 11.9. The molecule has 0 bridgehead atoms. The lowest BCUT2D eigenvalue weighted by Crippen LogP contribution is -2.31. The van der Waals surface area contributed by atoms with E-state index in [1.165, 1.54) is 0 Å². The normalized spacial score (nSPS) is 10.1. The fraction of sp³-hybridized carbons (Fsp3) is 0.200. The van der Waals surface area contributed by atoms with Gasteiger partial charge in [0.15, 0.2) is 0 Å². The summed E-state index contributed by atoms with van der Waals surface area (Å²) >= 11 is 0. The average molecular weight is 317 g/mol. The third-order valence-electron chi connectivity index (χ3n) is 3.14. The fourth-order valence-electron chi connectivity index (χ4n) is 1.90. The Morgan fingerprint density at radius 1 is 1.26 bits per heavy atom. The van der Waals surface area contributed by atoms with E-state index in [-0.39, 0.29) is 18.8 Å². The number of benzene rings is 1. The Morgan fingerprint density at radius 3 is 2.57 bits per heavy atom. The Morgan fingerprint density at radius 2 is 1.96 bits per heavy atom. The van der Waals surface area contributed by atoms with Crippen molar-refractivity contribution in [3.05, 3.63) is 68.6 Å². The molecule has 1 aromatic heterocycles. The average Bonchev–Trinajstić information content (AvgIpc) is 2.55. The molecule has 0 saturated heterocycles. The molecule has 0 radical (unpaired) electrons. The highest BCUT2D eigenvalue weighted by Crippen LogP contribution is 2.11. The Labute approximate surface area is 131 Å². The molecule has 8 nitrogen and oxygen atoms in total. The van der Waals surface area contributed by atoms with Gasteiger partial charge in [-0.3, -0.25) is 24.3 Å². The lowest BCUT2D eigenvalue weighted by atomic mass is 10.2. The molecule has 1 amide bonds. The highest BCUT2D eigenvalue weighted by molar-refractivity contribution is 5.75. The van der Waals surface area contributed by atoms with Gasteiger partial charge in [0.2, 0.25) is 5.91 Å². The number of ether oxygens (including phenoxy) is 1. The number of nitro groups is 1. The van der Waals surface area contributed by atoms with Crippen LogP contribution in [0.3, 0.4) is 0 Å². The minimum absolute atomic E-state index is 0.243. The van der Waals surface area contributed by atoms with Gasteiger partial charge < -0.3 is 10.1 Å². The molecule has 120 valence electrons. The molecule has 1 N–H and O–H groups in total. The molecule has 0 saturated carbocycles. The van der Waals surface area contributed by atoms with Crippen LogP contribution in [0, 0.1) is 10.1 Å². The number of methoxy groups -OCH3 is 1. The highest BCUT2D eigenvalue weighted by atomic mass is 16.6.